The van der Waals surface area contributed by atoms with Crippen molar-refractivity contribution in [2.24, 2.45) is 33.7 Å². The Bertz CT molecular complexity index is 1230. The number of aliphatic carboxylic acids is 1. The Morgan fingerprint density at radius 2 is 1.95 bits per heavy atom. The van der Waals surface area contributed by atoms with Crippen molar-refractivity contribution in [3.8, 4) is 0 Å². The lowest BCUT2D eigenvalue weighted by Gasteiger charge is -2.57. The number of quaternary nitrogens is 1. The highest BCUT2D eigenvalue weighted by molar-refractivity contribution is 5.96. The second-order valence-corrected chi connectivity index (χ2v) is 12.8. The Hall–Kier alpha value is -2.83. The zero-order chi connectivity index (χ0) is 29.5. The molecule has 9 atom stereocenters. The van der Waals surface area contributed by atoms with E-state index in [0.717, 1.165) is 50.7 Å². The minimum absolute atomic E-state index is 0.0483. The zero-order valence-corrected chi connectivity index (χ0v) is 23.6. The molecule has 11 heteroatoms. The van der Waals surface area contributed by atoms with Gasteiger partial charge in [-0.1, -0.05) is 36.7 Å². The summed E-state index contributed by atoms with van der Waals surface area (Å²) in [6, 6.07) is 3.57. The topological polar surface area (TPSA) is 176 Å². The Labute approximate surface area is 239 Å². The number of nitrogens with one attached hydrogen (secondary N) is 2. The quantitative estimate of drug-likeness (QED) is 0.258. The van der Waals surface area contributed by atoms with Gasteiger partial charge in [0.15, 0.2) is 18.3 Å². The highest BCUT2D eigenvalue weighted by atomic mass is 16.8. The molecule has 1 aromatic carbocycles. The van der Waals surface area contributed by atoms with E-state index in [4.69, 9.17) is 10.0 Å². The van der Waals surface area contributed by atoms with E-state index in [1.54, 1.807) is 0 Å². The first-order valence-corrected chi connectivity index (χ1v) is 14.6. The van der Waals surface area contributed by atoms with Crippen molar-refractivity contribution in [1.82, 2.24) is 5.32 Å². The van der Waals surface area contributed by atoms with Crippen LogP contribution in [0.15, 0.2) is 41.1 Å². The van der Waals surface area contributed by atoms with Gasteiger partial charge >= 0.3 is 5.97 Å². The van der Waals surface area contributed by atoms with Crippen LogP contribution in [0, 0.1) is 33.8 Å². The Morgan fingerprint density at radius 1 is 1.17 bits per heavy atom. The first-order valence-electron chi connectivity index (χ1n) is 14.6. The van der Waals surface area contributed by atoms with E-state index in [0.29, 0.717) is 24.2 Å². The number of carbonyl (C=O) groups excluding carboxylic acids is 1. The Balaban J connectivity index is 1.19. The van der Waals surface area contributed by atoms with Gasteiger partial charge < -0.3 is 30.7 Å². The summed E-state index contributed by atoms with van der Waals surface area (Å²) in [5.41, 5.74) is 2.21. The van der Waals surface area contributed by atoms with Crippen LogP contribution in [0.2, 0.25) is 0 Å². The number of allylic oxidation sites excluding steroid dienone is 2. The molecule has 4 aliphatic carbocycles. The second-order valence-electron chi connectivity index (χ2n) is 12.8. The average molecular weight is 572 g/mol. The van der Waals surface area contributed by atoms with Crippen molar-refractivity contribution < 1.29 is 40.2 Å². The van der Waals surface area contributed by atoms with Gasteiger partial charge in [0, 0.05) is 12.1 Å². The second kappa shape index (κ2) is 11.4. The van der Waals surface area contributed by atoms with Crippen LogP contribution in [0.3, 0.4) is 0 Å². The number of carboxylic acid groups (broad SMARTS) is 1. The molecule has 3 saturated carbocycles. The van der Waals surface area contributed by atoms with Gasteiger partial charge in [-0.3, -0.25) is 4.79 Å². The molecule has 0 heterocycles. The number of hydrogen-bond donors (Lipinski definition) is 6. The lowest BCUT2D eigenvalue weighted by Crippen LogP contribution is -2.99. The van der Waals surface area contributed by atoms with Crippen molar-refractivity contribution in [2.45, 2.75) is 83.5 Å². The van der Waals surface area contributed by atoms with E-state index in [-0.39, 0.29) is 28.2 Å². The smallest absolute Gasteiger partial charge is 0.329 e. The third-order valence-electron chi connectivity index (χ3n) is 10.7. The van der Waals surface area contributed by atoms with Crippen molar-refractivity contribution in [1.29, 1.82) is 0 Å². The van der Waals surface area contributed by atoms with Gasteiger partial charge in [0.05, 0.1) is 11.8 Å². The lowest BCUT2D eigenvalue weighted by atomic mass is 9.47. The number of aliphatic hydroxyl groups is 2. The molecule has 224 valence electrons. The van der Waals surface area contributed by atoms with Crippen LogP contribution >= 0.6 is 0 Å². The van der Waals surface area contributed by atoms with Crippen LogP contribution in [0.1, 0.15) is 76.9 Å². The summed E-state index contributed by atoms with van der Waals surface area (Å²) in [6.45, 7) is 4.13. The normalized spacial score (nSPS) is 35.8. The first-order chi connectivity index (χ1) is 19.4. The van der Waals surface area contributed by atoms with Crippen LogP contribution in [-0.4, -0.2) is 56.9 Å². The fourth-order valence-corrected chi connectivity index (χ4v) is 8.33. The summed E-state index contributed by atoms with van der Waals surface area (Å²) in [5.74, 6) is -0.431. The molecule has 0 radical (unpaired) electrons. The van der Waals surface area contributed by atoms with Gasteiger partial charge in [0.1, 0.15) is 6.10 Å². The van der Waals surface area contributed by atoms with Crippen LogP contribution in [0.4, 0.5) is 5.69 Å². The molecular formula is C30H41N3O8. The van der Waals surface area contributed by atoms with Crippen molar-refractivity contribution in [3.63, 3.8) is 0 Å². The standard InChI is InChI=1S/C30H41N3O8/c1-29-12-10-19(15-18(29)6-7-21-22-8-9-24(34)30(22,2)13-11-23(21)29)32-41-16-25(35)31-26(28(37)38)27(36)17-4-3-5-20(14-17)33(39)40/h3-5,14-15,21-24,26-27,33-34,36,39H,6-13,16H2,1-2H3,(H,31,35)(H,37,38)/t21-,22+,23+,24+,26+,27-,29+,30+/m1/s1. The summed E-state index contributed by atoms with van der Waals surface area (Å²) in [5, 5.41) is 56.4. The highest BCUT2D eigenvalue weighted by Gasteiger charge is 2.58. The van der Waals surface area contributed by atoms with Crippen LogP contribution in [-0.2, 0) is 14.4 Å². The van der Waals surface area contributed by atoms with E-state index in [2.05, 4.69) is 30.4 Å². The maximum Gasteiger partial charge on any atom is 0.329 e. The van der Waals surface area contributed by atoms with Crippen LogP contribution < -0.4 is 10.5 Å². The average Bonchev–Trinajstić information content (AvgIpc) is 3.25. The molecule has 3 fully saturated rings. The number of amides is 1. The summed E-state index contributed by atoms with van der Waals surface area (Å²) in [7, 11) is 0. The lowest BCUT2D eigenvalue weighted by molar-refractivity contribution is -0.991. The number of benzene rings is 1. The molecule has 11 nitrogen and oxygen atoms in total. The molecule has 0 spiro atoms. The third-order valence-corrected chi connectivity index (χ3v) is 10.7. The summed E-state index contributed by atoms with van der Waals surface area (Å²) in [4.78, 5) is 29.6. The highest BCUT2D eigenvalue weighted by Crippen LogP contribution is 2.65. The van der Waals surface area contributed by atoms with Gasteiger partial charge in [-0.05, 0) is 91.6 Å². The molecule has 1 aromatic rings. The molecule has 6 N–H and O–H groups in total. The maximum atomic E-state index is 12.5. The molecule has 0 saturated heterocycles. The van der Waals surface area contributed by atoms with Gasteiger partial charge in [0.2, 0.25) is 0 Å². The number of aliphatic hydroxyl groups excluding tert-OH is 2. The van der Waals surface area contributed by atoms with Crippen molar-refractivity contribution >= 4 is 23.3 Å². The number of fused-ring (bicyclic) bond motifs is 5. The van der Waals surface area contributed by atoms with Gasteiger partial charge in [-0.2, -0.15) is 5.23 Å². The number of rotatable bonds is 8. The predicted molar refractivity (Wildman–Crippen MR) is 148 cm³/mol. The van der Waals surface area contributed by atoms with Gasteiger partial charge in [-0.25, -0.2) is 10.0 Å². The fraction of sp³-hybridized carbons (Fsp3) is 0.633. The Morgan fingerprint density at radius 3 is 2.68 bits per heavy atom. The predicted octanol–water partition coefficient (Wildman–Crippen LogP) is 2.39. The van der Waals surface area contributed by atoms with Gasteiger partial charge in [-0.15, -0.1) is 0 Å². The van der Waals surface area contributed by atoms with E-state index >= 15 is 0 Å². The van der Waals surface area contributed by atoms with Crippen LogP contribution in [0.25, 0.3) is 0 Å². The SMILES string of the molecule is C[C@]12CC[C@H]3[C@H](CCC4=CC(=NOCC(=O)N[C@H](C(=O)O)[C@H](O)c5cccc([NH+]([O-])O)c5)CC[C@@]43C)[C@@H]1CC[C@@H]2O. The summed E-state index contributed by atoms with van der Waals surface area (Å²) < 4.78 is 0. The largest absolute Gasteiger partial charge is 0.595 e. The number of carboxylic acids is 1. The molecule has 1 unspecified atom stereocenters. The first kappa shape index (κ1) is 29.7. The molecule has 5 rings (SSSR count). The molecule has 0 aromatic heterocycles. The minimum Gasteiger partial charge on any atom is -0.595 e. The molecule has 0 bridgehead atoms. The van der Waals surface area contributed by atoms with Gasteiger partial charge in [0.25, 0.3) is 5.91 Å². The fourth-order valence-electron chi connectivity index (χ4n) is 8.33. The summed E-state index contributed by atoms with van der Waals surface area (Å²) >= 11 is 0. The summed E-state index contributed by atoms with van der Waals surface area (Å²) in [6.07, 6.45) is 8.24. The molecular weight excluding hydrogens is 530 g/mol. The maximum absolute atomic E-state index is 12.5. The monoisotopic (exact) mass is 571 g/mol. The van der Waals surface area contributed by atoms with Crippen molar-refractivity contribution in [2.75, 3.05) is 6.61 Å². The van der Waals surface area contributed by atoms with Crippen molar-refractivity contribution in [3.05, 3.63) is 46.7 Å². The number of oxime groups is 1. The van der Waals surface area contributed by atoms with E-state index < -0.39 is 35.9 Å². The number of nitrogens with zero attached hydrogens (tertiary/aromatic N) is 1. The molecule has 41 heavy (non-hydrogen) atoms. The zero-order valence-electron chi connectivity index (χ0n) is 23.6. The van der Waals surface area contributed by atoms with E-state index in [1.807, 2.05) is 0 Å². The van der Waals surface area contributed by atoms with E-state index in [1.165, 1.54) is 29.8 Å². The molecule has 0 aliphatic heterocycles. The Kier molecular flexibility index (Phi) is 8.28. The number of carbonyl (C=O) groups is 2. The minimum atomic E-state index is -1.70. The molecule has 4 aliphatic rings. The van der Waals surface area contributed by atoms with Crippen LogP contribution in [0.5, 0.6) is 0 Å². The third kappa shape index (κ3) is 5.53. The number of hydrogen-bond acceptors (Lipinski definition) is 8. The van der Waals surface area contributed by atoms with E-state index in [9.17, 15) is 30.1 Å². The molecule has 1 amide bonds.